The van der Waals surface area contributed by atoms with Crippen LogP contribution in [-0.4, -0.2) is 61.0 Å². The number of carboxylic acid groups (broad SMARTS) is 1. The van der Waals surface area contributed by atoms with Crippen molar-refractivity contribution in [3.8, 4) is 0 Å². The Hall–Kier alpha value is -1.10. The van der Waals surface area contributed by atoms with E-state index in [0.717, 1.165) is 0 Å². The molecule has 0 radical (unpaired) electrons. The monoisotopic (exact) mass is 188 g/mol. The number of rotatable bonds is 5. The van der Waals surface area contributed by atoms with Crippen molar-refractivity contribution in [3.05, 3.63) is 0 Å². The highest BCUT2D eigenvalue weighted by Crippen LogP contribution is 1.89. The van der Waals surface area contributed by atoms with E-state index < -0.39 is 5.97 Å². The van der Waals surface area contributed by atoms with Gasteiger partial charge in [0.05, 0.1) is 13.0 Å². The van der Waals surface area contributed by atoms with E-state index in [2.05, 4.69) is 0 Å². The third kappa shape index (κ3) is 6.10. The van der Waals surface area contributed by atoms with Crippen molar-refractivity contribution in [3.63, 3.8) is 0 Å². The predicted octanol–water partition coefficient (Wildman–Crippen LogP) is -0.519. The van der Waals surface area contributed by atoms with Gasteiger partial charge in [0.25, 0.3) is 0 Å². The third-order valence-corrected chi connectivity index (χ3v) is 1.61. The van der Waals surface area contributed by atoms with Gasteiger partial charge < -0.3 is 10.0 Å². The summed E-state index contributed by atoms with van der Waals surface area (Å²) >= 11 is 0. The fraction of sp³-hybridized carbons (Fsp3) is 0.750. The summed E-state index contributed by atoms with van der Waals surface area (Å²) < 4.78 is 0. The Kier molecular flexibility index (Phi) is 5.06. The summed E-state index contributed by atoms with van der Waals surface area (Å²) in [6, 6.07) is 0. The second kappa shape index (κ2) is 5.53. The van der Waals surface area contributed by atoms with Crippen LogP contribution in [0.4, 0.5) is 0 Å². The second-order valence-corrected chi connectivity index (χ2v) is 3.17. The molecule has 0 heterocycles. The molecule has 13 heavy (non-hydrogen) atoms. The van der Waals surface area contributed by atoms with Gasteiger partial charge in [-0.25, -0.2) is 0 Å². The molecule has 0 aromatic heterocycles. The Morgan fingerprint density at radius 1 is 1.23 bits per heavy atom. The van der Waals surface area contributed by atoms with Gasteiger partial charge in [-0.3, -0.25) is 14.5 Å². The highest BCUT2D eigenvalue weighted by atomic mass is 16.4. The van der Waals surface area contributed by atoms with Crippen LogP contribution in [0.5, 0.6) is 0 Å². The normalized spacial score (nSPS) is 10.2. The Bertz CT molecular complexity index is 192. The summed E-state index contributed by atoms with van der Waals surface area (Å²) in [5.74, 6) is -0.864. The van der Waals surface area contributed by atoms with E-state index in [4.69, 9.17) is 5.11 Å². The van der Waals surface area contributed by atoms with Crippen molar-refractivity contribution in [2.45, 2.75) is 6.42 Å². The molecule has 1 amide bonds. The van der Waals surface area contributed by atoms with Crippen LogP contribution in [0.25, 0.3) is 0 Å². The molecule has 0 unspecified atom stereocenters. The first-order valence-electron chi connectivity index (χ1n) is 4.04. The summed E-state index contributed by atoms with van der Waals surface area (Å²) in [4.78, 5) is 24.5. The smallest absolute Gasteiger partial charge is 0.304 e. The SMILES string of the molecule is CN(CCC(=O)O)CC(=O)N(C)C. The van der Waals surface area contributed by atoms with E-state index in [9.17, 15) is 9.59 Å². The zero-order chi connectivity index (χ0) is 10.4. The van der Waals surface area contributed by atoms with Crippen LogP contribution < -0.4 is 0 Å². The zero-order valence-corrected chi connectivity index (χ0v) is 8.28. The molecular weight excluding hydrogens is 172 g/mol. The molecule has 0 aliphatic carbocycles. The number of carbonyl (C=O) groups is 2. The Morgan fingerprint density at radius 2 is 1.77 bits per heavy atom. The maximum Gasteiger partial charge on any atom is 0.304 e. The van der Waals surface area contributed by atoms with Gasteiger partial charge >= 0.3 is 5.97 Å². The lowest BCUT2D eigenvalue weighted by atomic mass is 10.4. The zero-order valence-electron chi connectivity index (χ0n) is 8.28. The van der Waals surface area contributed by atoms with Crippen molar-refractivity contribution < 1.29 is 14.7 Å². The molecule has 0 aliphatic rings. The first-order chi connectivity index (χ1) is 5.93. The maximum atomic E-state index is 11.1. The lowest BCUT2D eigenvalue weighted by Crippen LogP contribution is -2.35. The first-order valence-corrected chi connectivity index (χ1v) is 4.04. The van der Waals surface area contributed by atoms with Gasteiger partial charge in [-0.05, 0) is 7.05 Å². The van der Waals surface area contributed by atoms with E-state index >= 15 is 0 Å². The average molecular weight is 188 g/mol. The van der Waals surface area contributed by atoms with Crippen LogP contribution in [-0.2, 0) is 9.59 Å². The topological polar surface area (TPSA) is 60.9 Å². The molecule has 0 aromatic rings. The van der Waals surface area contributed by atoms with Crippen LogP contribution in [0.2, 0.25) is 0 Å². The van der Waals surface area contributed by atoms with E-state index in [0.29, 0.717) is 6.54 Å². The number of aliphatic carboxylic acids is 1. The van der Waals surface area contributed by atoms with Crippen molar-refractivity contribution in [2.24, 2.45) is 0 Å². The van der Waals surface area contributed by atoms with Gasteiger partial charge in [-0.1, -0.05) is 0 Å². The summed E-state index contributed by atoms with van der Waals surface area (Å²) in [7, 11) is 5.07. The molecule has 0 saturated heterocycles. The number of nitrogens with zero attached hydrogens (tertiary/aromatic N) is 2. The third-order valence-electron chi connectivity index (χ3n) is 1.61. The number of carboxylic acids is 1. The number of carbonyl (C=O) groups excluding carboxylic acids is 1. The fourth-order valence-electron chi connectivity index (χ4n) is 0.738. The van der Waals surface area contributed by atoms with Gasteiger partial charge in [-0.15, -0.1) is 0 Å². The molecule has 0 aromatic carbocycles. The van der Waals surface area contributed by atoms with E-state index in [1.807, 2.05) is 0 Å². The molecule has 5 nitrogen and oxygen atoms in total. The van der Waals surface area contributed by atoms with E-state index in [1.165, 1.54) is 4.90 Å². The molecule has 0 bridgehead atoms. The molecule has 0 spiro atoms. The lowest BCUT2D eigenvalue weighted by Gasteiger charge is -2.17. The average Bonchev–Trinajstić information content (AvgIpc) is 2.00. The fourth-order valence-corrected chi connectivity index (χ4v) is 0.738. The molecular formula is C8H16N2O3. The Balaban J connectivity index is 3.68. The standard InChI is InChI=1S/C8H16N2O3/c1-9(2)7(11)6-10(3)5-4-8(12)13/h4-6H2,1-3H3,(H,12,13). The molecule has 1 N–H and O–H groups in total. The minimum absolute atomic E-state index is 0.0205. The lowest BCUT2D eigenvalue weighted by molar-refractivity contribution is -0.138. The Labute approximate surface area is 77.9 Å². The van der Waals surface area contributed by atoms with Crippen molar-refractivity contribution in [1.29, 1.82) is 0 Å². The highest BCUT2D eigenvalue weighted by molar-refractivity contribution is 5.77. The van der Waals surface area contributed by atoms with Gasteiger partial charge in [0, 0.05) is 20.6 Å². The van der Waals surface area contributed by atoms with Crippen LogP contribution in [0.1, 0.15) is 6.42 Å². The van der Waals surface area contributed by atoms with Crippen molar-refractivity contribution >= 4 is 11.9 Å². The summed E-state index contributed by atoms with van der Waals surface area (Å²) in [5, 5.41) is 8.38. The second-order valence-electron chi connectivity index (χ2n) is 3.17. The predicted molar refractivity (Wildman–Crippen MR) is 48.4 cm³/mol. The first kappa shape index (κ1) is 11.9. The van der Waals surface area contributed by atoms with Crippen LogP contribution >= 0.6 is 0 Å². The summed E-state index contributed by atoms with van der Waals surface area (Å²) in [6.07, 6.45) is 0.0667. The highest BCUT2D eigenvalue weighted by Gasteiger charge is 2.08. The quantitative estimate of drug-likeness (QED) is 0.630. The molecule has 5 heteroatoms. The van der Waals surface area contributed by atoms with Gasteiger partial charge in [-0.2, -0.15) is 0 Å². The van der Waals surface area contributed by atoms with Gasteiger partial charge in [0.1, 0.15) is 0 Å². The van der Waals surface area contributed by atoms with Gasteiger partial charge in [0.15, 0.2) is 0 Å². The number of likely N-dealkylation sites (N-methyl/N-ethyl adjacent to an activating group) is 2. The maximum absolute atomic E-state index is 11.1. The minimum atomic E-state index is -0.843. The van der Waals surface area contributed by atoms with E-state index in [1.54, 1.807) is 26.0 Å². The molecule has 0 rings (SSSR count). The van der Waals surface area contributed by atoms with Crippen molar-refractivity contribution in [1.82, 2.24) is 9.80 Å². The molecule has 0 aliphatic heterocycles. The molecule has 0 saturated carbocycles. The summed E-state index contributed by atoms with van der Waals surface area (Å²) in [6.45, 7) is 0.662. The van der Waals surface area contributed by atoms with E-state index in [-0.39, 0.29) is 18.9 Å². The number of hydrogen-bond acceptors (Lipinski definition) is 3. The van der Waals surface area contributed by atoms with Crippen LogP contribution in [0.3, 0.4) is 0 Å². The van der Waals surface area contributed by atoms with Gasteiger partial charge in [0.2, 0.25) is 5.91 Å². The van der Waals surface area contributed by atoms with Crippen LogP contribution in [0.15, 0.2) is 0 Å². The molecule has 0 fully saturated rings. The number of hydrogen-bond donors (Lipinski definition) is 1. The summed E-state index contributed by atoms with van der Waals surface area (Å²) in [5.41, 5.74) is 0. The van der Waals surface area contributed by atoms with Crippen LogP contribution in [0, 0.1) is 0 Å². The molecule has 0 atom stereocenters. The minimum Gasteiger partial charge on any atom is -0.481 e. The Morgan fingerprint density at radius 3 is 2.15 bits per heavy atom. The molecule has 76 valence electrons. The van der Waals surface area contributed by atoms with Crippen molar-refractivity contribution in [2.75, 3.05) is 34.2 Å². The largest absolute Gasteiger partial charge is 0.481 e. The number of amides is 1.